The van der Waals surface area contributed by atoms with E-state index in [0.717, 1.165) is 19.2 Å². The molecular formula is C25H34Cl2GeHf. The summed E-state index contributed by atoms with van der Waals surface area (Å²) in [5, 5.41) is 0. The summed E-state index contributed by atoms with van der Waals surface area (Å²) in [6.07, 6.45) is 23.0. The van der Waals surface area contributed by atoms with Gasteiger partial charge in [0.2, 0.25) is 0 Å². The predicted molar refractivity (Wildman–Crippen MR) is 132 cm³/mol. The summed E-state index contributed by atoms with van der Waals surface area (Å²) in [7, 11) is 0. The number of allylic oxidation sites excluding steroid dienone is 8. The van der Waals surface area contributed by atoms with Crippen LogP contribution in [0.15, 0.2) is 77.9 Å². The second kappa shape index (κ2) is 8.96. The Labute approximate surface area is 194 Å². The normalized spacial score (nSPS) is 30.4. The second-order valence-electron chi connectivity index (χ2n) is 9.90. The number of halogens is 2. The first kappa shape index (κ1) is 23.8. The molecule has 0 N–H and O–H groups in total. The van der Waals surface area contributed by atoms with E-state index in [9.17, 15) is 0 Å². The van der Waals surface area contributed by atoms with Crippen LogP contribution in [0.4, 0.5) is 0 Å². The monoisotopic (exact) mass is 658 g/mol. The Hall–Kier alpha value is 0.173. The SMILES string of the molecule is Cl.Cl.[CH3][Hf](=[GeH2])([c]1ccccc1)([CH]1CCC2CC=CC=C21)[CH]1CCC2CC=CC=C21. The third-order valence-corrected chi connectivity index (χ3v) is 58.1. The summed E-state index contributed by atoms with van der Waals surface area (Å²) in [6, 6.07) is 12.0. The number of benzene rings is 1. The Balaban J connectivity index is 0.00000120. The third kappa shape index (κ3) is 3.71. The van der Waals surface area contributed by atoms with Crippen LogP contribution in [-0.4, -0.2) is 12.2 Å². The number of hydrogen-bond donors (Lipinski definition) is 0. The molecule has 0 aromatic heterocycles. The first-order chi connectivity index (χ1) is 13.1. The van der Waals surface area contributed by atoms with E-state index in [2.05, 4.69) is 71.5 Å². The molecule has 0 spiro atoms. The summed E-state index contributed by atoms with van der Waals surface area (Å²) in [5.74, 6) is 1.70. The topological polar surface area (TPSA) is 0 Å². The van der Waals surface area contributed by atoms with E-state index in [0.29, 0.717) is 0 Å². The van der Waals surface area contributed by atoms with Crippen molar-refractivity contribution in [3.05, 3.63) is 77.9 Å². The molecule has 0 bridgehead atoms. The van der Waals surface area contributed by atoms with Gasteiger partial charge in [0.15, 0.2) is 0 Å². The minimum atomic E-state index is -3.37. The van der Waals surface area contributed by atoms with E-state index in [1.54, 1.807) is 12.2 Å². The van der Waals surface area contributed by atoms with Crippen molar-refractivity contribution < 1.29 is 15.4 Å². The van der Waals surface area contributed by atoms with Crippen molar-refractivity contribution in [3.8, 4) is 0 Å². The molecule has 0 heterocycles. The zero-order chi connectivity index (χ0) is 18.5. The van der Waals surface area contributed by atoms with E-state index < -0.39 is 15.4 Å². The number of fused-ring (bicyclic) bond motifs is 2. The van der Waals surface area contributed by atoms with Gasteiger partial charge in [-0.05, 0) is 0 Å². The van der Waals surface area contributed by atoms with Crippen molar-refractivity contribution in [3.63, 3.8) is 0 Å². The first-order valence-electron chi connectivity index (χ1n) is 10.9. The van der Waals surface area contributed by atoms with Gasteiger partial charge in [-0.2, -0.15) is 0 Å². The molecule has 4 aliphatic carbocycles. The van der Waals surface area contributed by atoms with E-state index in [4.69, 9.17) is 0 Å². The average Bonchev–Trinajstić information content (AvgIpc) is 3.34. The van der Waals surface area contributed by atoms with Crippen molar-refractivity contribution in [2.75, 3.05) is 0 Å². The maximum absolute atomic E-state index is 3.37. The molecule has 5 rings (SSSR count). The van der Waals surface area contributed by atoms with Crippen molar-refractivity contribution in [1.82, 2.24) is 0 Å². The maximum atomic E-state index is 2.89. The second-order valence-corrected chi connectivity index (χ2v) is 65.2. The van der Waals surface area contributed by atoms with Crippen LogP contribution in [0.2, 0.25) is 12.0 Å². The van der Waals surface area contributed by atoms with Crippen molar-refractivity contribution in [2.24, 2.45) is 11.8 Å². The molecule has 0 aliphatic heterocycles. The Kier molecular flexibility index (Phi) is 7.37. The Morgan fingerprint density at radius 2 is 1.24 bits per heavy atom. The van der Waals surface area contributed by atoms with Gasteiger partial charge in [0.05, 0.1) is 0 Å². The van der Waals surface area contributed by atoms with Gasteiger partial charge in [-0.15, -0.1) is 24.8 Å². The van der Waals surface area contributed by atoms with Crippen molar-refractivity contribution in [1.29, 1.82) is 0 Å². The van der Waals surface area contributed by atoms with Gasteiger partial charge in [0.1, 0.15) is 0 Å². The van der Waals surface area contributed by atoms with Crippen LogP contribution in [0.5, 0.6) is 0 Å². The Bertz CT molecular complexity index is 891. The molecule has 0 saturated heterocycles. The van der Waals surface area contributed by atoms with Crippen LogP contribution in [0.25, 0.3) is 0 Å². The summed E-state index contributed by atoms with van der Waals surface area (Å²) in [4.78, 5) is 0. The quantitative estimate of drug-likeness (QED) is 0.322. The molecule has 0 nitrogen and oxygen atoms in total. The van der Waals surface area contributed by atoms with Gasteiger partial charge in [-0.25, -0.2) is 0 Å². The van der Waals surface area contributed by atoms with Crippen LogP contribution in [-0.2, 0) is 15.4 Å². The zero-order valence-corrected chi connectivity index (χ0v) is 25.6. The van der Waals surface area contributed by atoms with E-state index >= 15 is 0 Å². The number of hydrogen-bond acceptors (Lipinski definition) is 0. The van der Waals surface area contributed by atoms with Gasteiger partial charge in [-0.1, -0.05) is 0 Å². The molecule has 4 atom stereocenters. The molecule has 156 valence electrons. The molecule has 4 aliphatic rings. The Morgan fingerprint density at radius 3 is 1.72 bits per heavy atom. The first-order valence-corrected chi connectivity index (χ1v) is 35.1. The molecule has 2 saturated carbocycles. The summed E-state index contributed by atoms with van der Waals surface area (Å²) in [6.45, 7) is 0. The molecule has 1 aromatic rings. The van der Waals surface area contributed by atoms with E-state index in [1.807, 2.05) is 14.5 Å². The summed E-state index contributed by atoms with van der Waals surface area (Å²) in [5.41, 5.74) is 3.72. The fourth-order valence-corrected chi connectivity index (χ4v) is 51.1. The van der Waals surface area contributed by atoms with Crippen molar-refractivity contribution >= 4 is 40.4 Å². The summed E-state index contributed by atoms with van der Waals surface area (Å²) >= 11 is -1.82. The van der Waals surface area contributed by atoms with Gasteiger partial charge in [0.25, 0.3) is 0 Å². The molecule has 2 fully saturated rings. The molecular weight excluding hydrogens is 622 g/mol. The van der Waals surface area contributed by atoms with Crippen LogP contribution in [0.3, 0.4) is 0 Å². The molecule has 1 aromatic carbocycles. The zero-order valence-electron chi connectivity index (χ0n) is 17.4. The van der Waals surface area contributed by atoms with Crippen LogP contribution in [0.1, 0.15) is 38.5 Å². The van der Waals surface area contributed by atoms with Crippen molar-refractivity contribution in [2.45, 2.75) is 50.6 Å². The third-order valence-electron chi connectivity index (χ3n) is 8.59. The minimum absolute atomic E-state index is 0. The Morgan fingerprint density at radius 1 is 0.759 bits per heavy atom. The van der Waals surface area contributed by atoms with E-state index in [1.165, 1.54) is 38.5 Å². The average molecular weight is 657 g/mol. The molecule has 4 unspecified atom stereocenters. The molecule has 29 heavy (non-hydrogen) atoms. The standard InChI is InChI=1S/2C9H11.C6H5.CH3.2ClH.GeH2.Hf/c2*1-2-5-9-7-3-6-8(9)4-1;1-2-4-6-5-3-1;;;;;/h2*1-2,4,6,9H,3,5,7H2;1-5H;1H3;2*1H;1H2;. The van der Waals surface area contributed by atoms with Crippen LogP contribution >= 0.6 is 24.8 Å². The fraction of sp³-hybridized carbons (Fsp3) is 0.440. The molecule has 4 heteroatoms. The van der Waals surface area contributed by atoms with Gasteiger partial charge in [0, 0.05) is 0 Å². The number of rotatable bonds is 3. The predicted octanol–water partition coefficient (Wildman–Crippen LogP) is 6.61. The van der Waals surface area contributed by atoms with Gasteiger partial charge in [-0.3, -0.25) is 0 Å². The van der Waals surface area contributed by atoms with E-state index in [-0.39, 0.29) is 24.8 Å². The molecule has 0 amide bonds. The van der Waals surface area contributed by atoms with Crippen LogP contribution < -0.4 is 3.32 Å². The molecule has 0 radical (unpaired) electrons. The summed E-state index contributed by atoms with van der Waals surface area (Å²) < 4.78 is 6.53. The van der Waals surface area contributed by atoms with Gasteiger partial charge >= 0.3 is 171 Å². The van der Waals surface area contributed by atoms with Gasteiger partial charge < -0.3 is 0 Å². The fourth-order valence-electron chi connectivity index (χ4n) is 7.12. The van der Waals surface area contributed by atoms with Crippen LogP contribution in [0, 0.1) is 11.8 Å².